The maximum Gasteiger partial charge on any atom is 0.0631 e. The molecule has 0 aromatic carbocycles. The van der Waals surface area contributed by atoms with Crippen LogP contribution < -0.4 is 0 Å². The second-order valence-electron chi connectivity index (χ2n) is 7.30. The number of nitrogens with zero attached hydrogens (tertiary/aromatic N) is 1. The van der Waals surface area contributed by atoms with E-state index in [9.17, 15) is 5.11 Å². The summed E-state index contributed by atoms with van der Waals surface area (Å²) in [5, 5.41) is 10.5. The maximum atomic E-state index is 10.5. The summed E-state index contributed by atoms with van der Waals surface area (Å²) < 4.78 is 5.25. The summed E-state index contributed by atoms with van der Waals surface area (Å²) in [6, 6.07) is 0.645. The Balaban J connectivity index is 1.91. The number of hydrogen-bond donors (Lipinski definition) is 1. The molecular weight excluding hydrogens is 238 g/mol. The molecule has 2 fully saturated rings. The lowest BCUT2D eigenvalue weighted by Crippen LogP contribution is -2.43. The zero-order chi connectivity index (χ0) is 14.0. The van der Waals surface area contributed by atoms with Crippen molar-refractivity contribution in [2.45, 2.75) is 58.6 Å². The number of methoxy groups -OCH3 is 1. The van der Waals surface area contributed by atoms with Crippen molar-refractivity contribution in [1.82, 2.24) is 4.90 Å². The second-order valence-corrected chi connectivity index (χ2v) is 7.30. The zero-order valence-electron chi connectivity index (χ0n) is 13.1. The van der Waals surface area contributed by atoms with Crippen LogP contribution in [0.25, 0.3) is 0 Å². The first-order chi connectivity index (χ1) is 8.95. The summed E-state index contributed by atoms with van der Waals surface area (Å²) in [4.78, 5) is 2.55. The van der Waals surface area contributed by atoms with E-state index in [1.165, 1.54) is 12.8 Å². The smallest absolute Gasteiger partial charge is 0.0631 e. The maximum absolute atomic E-state index is 10.5. The van der Waals surface area contributed by atoms with Crippen molar-refractivity contribution in [3.05, 3.63) is 0 Å². The summed E-state index contributed by atoms with van der Waals surface area (Å²) in [6.45, 7) is 9.56. The molecule has 1 N–H and O–H groups in total. The van der Waals surface area contributed by atoms with E-state index in [0.717, 1.165) is 38.5 Å². The van der Waals surface area contributed by atoms with Crippen LogP contribution in [-0.4, -0.2) is 49.0 Å². The Morgan fingerprint density at radius 3 is 2.47 bits per heavy atom. The highest BCUT2D eigenvalue weighted by atomic mass is 16.5. The van der Waals surface area contributed by atoms with Crippen LogP contribution in [0.15, 0.2) is 0 Å². The molecule has 0 heterocycles. The van der Waals surface area contributed by atoms with Crippen molar-refractivity contribution >= 4 is 0 Å². The Hall–Kier alpha value is -0.120. The molecule has 112 valence electrons. The molecule has 3 heteroatoms. The van der Waals surface area contributed by atoms with Crippen LogP contribution in [-0.2, 0) is 4.74 Å². The topological polar surface area (TPSA) is 32.7 Å². The fourth-order valence-corrected chi connectivity index (χ4v) is 3.54. The van der Waals surface area contributed by atoms with E-state index in [1.807, 2.05) is 0 Å². The molecule has 2 rings (SSSR count). The molecule has 0 amide bonds. The number of rotatable bonds is 7. The summed E-state index contributed by atoms with van der Waals surface area (Å²) in [5.41, 5.74) is 0.0976. The van der Waals surface area contributed by atoms with Crippen molar-refractivity contribution in [3.63, 3.8) is 0 Å². The van der Waals surface area contributed by atoms with Crippen molar-refractivity contribution in [2.75, 3.05) is 26.8 Å². The summed E-state index contributed by atoms with van der Waals surface area (Å²) >= 11 is 0. The minimum Gasteiger partial charge on any atom is -0.392 e. The van der Waals surface area contributed by atoms with Crippen LogP contribution in [0.5, 0.6) is 0 Å². The van der Waals surface area contributed by atoms with Gasteiger partial charge in [-0.05, 0) is 49.9 Å². The highest BCUT2D eigenvalue weighted by Gasteiger charge is 2.42. The number of ether oxygens (including phenoxy) is 1. The van der Waals surface area contributed by atoms with Crippen LogP contribution in [0.3, 0.4) is 0 Å². The normalized spacial score (nSPS) is 31.9. The van der Waals surface area contributed by atoms with Gasteiger partial charge in [0.05, 0.1) is 12.7 Å². The lowest BCUT2D eigenvalue weighted by molar-refractivity contribution is 0.0205. The van der Waals surface area contributed by atoms with Crippen molar-refractivity contribution < 1.29 is 9.84 Å². The van der Waals surface area contributed by atoms with Gasteiger partial charge in [0.15, 0.2) is 0 Å². The third-order valence-corrected chi connectivity index (χ3v) is 5.34. The molecule has 0 bridgehead atoms. The Kier molecular flexibility index (Phi) is 4.91. The van der Waals surface area contributed by atoms with Gasteiger partial charge < -0.3 is 9.84 Å². The van der Waals surface area contributed by atoms with Gasteiger partial charge in [-0.1, -0.05) is 13.8 Å². The zero-order valence-corrected chi connectivity index (χ0v) is 13.1. The Labute approximate surface area is 118 Å². The molecule has 0 spiro atoms. The summed E-state index contributed by atoms with van der Waals surface area (Å²) in [5.74, 6) is 1.32. The molecular formula is C16H31NO2. The SMILES string of the molecule is COCCN(CC1CCC(C)(C)C1O)C(C)C1CC1. The minimum atomic E-state index is -0.149. The fourth-order valence-electron chi connectivity index (χ4n) is 3.54. The number of aliphatic hydroxyl groups excluding tert-OH is 1. The molecule has 0 aromatic heterocycles. The van der Waals surface area contributed by atoms with Crippen molar-refractivity contribution in [1.29, 1.82) is 0 Å². The van der Waals surface area contributed by atoms with Crippen LogP contribution in [0.4, 0.5) is 0 Å². The van der Waals surface area contributed by atoms with Gasteiger partial charge in [-0.25, -0.2) is 0 Å². The third kappa shape index (κ3) is 3.71. The van der Waals surface area contributed by atoms with Crippen molar-refractivity contribution in [2.24, 2.45) is 17.3 Å². The molecule has 2 aliphatic carbocycles. The predicted molar refractivity (Wildman–Crippen MR) is 78.1 cm³/mol. The average molecular weight is 269 g/mol. The molecule has 3 nitrogen and oxygen atoms in total. The molecule has 0 saturated heterocycles. The highest BCUT2D eigenvalue weighted by molar-refractivity contribution is 4.94. The first kappa shape index (κ1) is 15.3. The van der Waals surface area contributed by atoms with Gasteiger partial charge in [-0.2, -0.15) is 0 Å². The monoisotopic (exact) mass is 269 g/mol. The standard InChI is InChI=1S/C16H31NO2/c1-12(13-5-6-13)17(9-10-19-4)11-14-7-8-16(2,3)15(14)18/h12-15,18H,5-11H2,1-4H3. The van der Waals surface area contributed by atoms with Crippen LogP contribution in [0.2, 0.25) is 0 Å². The predicted octanol–water partition coefficient (Wildman–Crippen LogP) is 2.53. The van der Waals surface area contributed by atoms with Crippen LogP contribution in [0, 0.1) is 17.3 Å². The number of aliphatic hydroxyl groups is 1. The minimum absolute atomic E-state index is 0.0976. The first-order valence-corrected chi connectivity index (χ1v) is 7.87. The van der Waals surface area contributed by atoms with Gasteiger partial charge in [0.2, 0.25) is 0 Å². The molecule has 3 unspecified atom stereocenters. The van der Waals surface area contributed by atoms with Crippen LogP contribution >= 0.6 is 0 Å². The third-order valence-electron chi connectivity index (χ3n) is 5.34. The molecule has 0 radical (unpaired) electrons. The van der Waals surface area contributed by atoms with E-state index in [-0.39, 0.29) is 11.5 Å². The fraction of sp³-hybridized carbons (Fsp3) is 1.00. The summed E-state index contributed by atoms with van der Waals surface area (Å²) in [6.07, 6.45) is 4.92. The lowest BCUT2D eigenvalue weighted by Gasteiger charge is -2.34. The Morgan fingerprint density at radius 1 is 1.32 bits per heavy atom. The van der Waals surface area contributed by atoms with Gasteiger partial charge in [0.1, 0.15) is 0 Å². The largest absolute Gasteiger partial charge is 0.392 e. The lowest BCUT2D eigenvalue weighted by atomic mass is 9.87. The molecule has 0 aromatic rings. The van der Waals surface area contributed by atoms with Gasteiger partial charge >= 0.3 is 0 Å². The average Bonchev–Trinajstić information content (AvgIpc) is 3.17. The van der Waals surface area contributed by atoms with E-state index in [1.54, 1.807) is 7.11 Å². The van der Waals surface area contributed by atoms with E-state index in [2.05, 4.69) is 25.7 Å². The van der Waals surface area contributed by atoms with Crippen LogP contribution in [0.1, 0.15) is 46.5 Å². The quantitative estimate of drug-likeness (QED) is 0.771. The number of hydrogen-bond acceptors (Lipinski definition) is 3. The molecule has 3 atom stereocenters. The Bertz CT molecular complexity index is 288. The van der Waals surface area contributed by atoms with Gasteiger partial charge in [-0.15, -0.1) is 0 Å². The molecule has 2 aliphatic rings. The van der Waals surface area contributed by atoms with Gasteiger partial charge in [0, 0.05) is 26.2 Å². The van der Waals surface area contributed by atoms with E-state index >= 15 is 0 Å². The van der Waals surface area contributed by atoms with Gasteiger partial charge in [-0.3, -0.25) is 4.90 Å². The molecule has 19 heavy (non-hydrogen) atoms. The van der Waals surface area contributed by atoms with E-state index in [0.29, 0.717) is 12.0 Å². The van der Waals surface area contributed by atoms with E-state index in [4.69, 9.17) is 4.74 Å². The van der Waals surface area contributed by atoms with Gasteiger partial charge in [0.25, 0.3) is 0 Å². The Morgan fingerprint density at radius 2 is 2.00 bits per heavy atom. The molecule has 0 aliphatic heterocycles. The first-order valence-electron chi connectivity index (χ1n) is 7.87. The molecule has 2 saturated carbocycles. The summed E-state index contributed by atoms with van der Waals surface area (Å²) in [7, 11) is 1.77. The van der Waals surface area contributed by atoms with E-state index < -0.39 is 0 Å². The second kappa shape index (κ2) is 6.11. The highest BCUT2D eigenvalue weighted by Crippen LogP contribution is 2.42. The van der Waals surface area contributed by atoms with Crippen molar-refractivity contribution in [3.8, 4) is 0 Å².